The van der Waals surface area contributed by atoms with Crippen molar-refractivity contribution in [3.63, 3.8) is 0 Å². The molecule has 10 heteroatoms. The highest BCUT2D eigenvalue weighted by molar-refractivity contribution is 7.89. The Bertz CT molecular complexity index is 1070. The number of carbonyl (C=O) groups excluding carboxylic acids is 1. The molecule has 1 fully saturated rings. The SMILES string of the molecule is CC(C(=O)Nc1cccc(S(=O)(=O)N(C)C)c1)N1CCN(Cc2ccc(F)cc2Cl)CC1. The monoisotopic (exact) mass is 482 g/mol. The van der Waals surface area contributed by atoms with Crippen LogP contribution in [0.5, 0.6) is 0 Å². The maximum Gasteiger partial charge on any atom is 0.242 e. The van der Waals surface area contributed by atoms with Crippen molar-refractivity contribution in [2.24, 2.45) is 0 Å². The molecule has 32 heavy (non-hydrogen) atoms. The minimum atomic E-state index is -3.58. The molecule has 2 aromatic rings. The van der Waals surface area contributed by atoms with Crippen LogP contribution in [0, 0.1) is 5.82 Å². The first-order valence-electron chi connectivity index (χ1n) is 10.3. The molecule has 1 aliphatic heterocycles. The van der Waals surface area contributed by atoms with Crippen LogP contribution in [0.4, 0.5) is 10.1 Å². The van der Waals surface area contributed by atoms with Gasteiger partial charge in [-0.1, -0.05) is 23.7 Å². The molecule has 0 aromatic heterocycles. The summed E-state index contributed by atoms with van der Waals surface area (Å²) in [7, 11) is -0.648. The second-order valence-electron chi connectivity index (χ2n) is 8.03. The first-order valence-corrected chi connectivity index (χ1v) is 12.1. The fourth-order valence-corrected chi connectivity index (χ4v) is 4.73. The zero-order chi connectivity index (χ0) is 23.5. The van der Waals surface area contributed by atoms with Crippen LogP contribution in [-0.4, -0.2) is 74.7 Å². The summed E-state index contributed by atoms with van der Waals surface area (Å²) in [6.07, 6.45) is 0. The molecular weight excluding hydrogens is 455 g/mol. The molecule has 1 amide bonds. The van der Waals surface area contributed by atoms with Gasteiger partial charge in [0.1, 0.15) is 5.82 Å². The molecular formula is C22H28ClFN4O3S. The van der Waals surface area contributed by atoms with Crippen LogP contribution in [0.25, 0.3) is 0 Å². The van der Waals surface area contributed by atoms with Gasteiger partial charge in [0.15, 0.2) is 0 Å². The number of sulfonamides is 1. The summed E-state index contributed by atoms with van der Waals surface area (Å²) < 4.78 is 39.0. The van der Waals surface area contributed by atoms with Gasteiger partial charge < -0.3 is 5.32 Å². The van der Waals surface area contributed by atoms with Crippen LogP contribution in [-0.2, 0) is 21.4 Å². The van der Waals surface area contributed by atoms with E-state index in [1.54, 1.807) is 18.2 Å². The van der Waals surface area contributed by atoms with Crippen LogP contribution >= 0.6 is 11.6 Å². The van der Waals surface area contributed by atoms with Gasteiger partial charge in [0.25, 0.3) is 0 Å². The quantitative estimate of drug-likeness (QED) is 0.657. The van der Waals surface area contributed by atoms with Gasteiger partial charge in [0, 0.05) is 57.5 Å². The third-order valence-electron chi connectivity index (χ3n) is 5.62. The molecule has 1 saturated heterocycles. The molecule has 0 spiro atoms. The molecule has 7 nitrogen and oxygen atoms in total. The Morgan fingerprint density at radius 2 is 1.84 bits per heavy atom. The summed E-state index contributed by atoms with van der Waals surface area (Å²) in [5.41, 5.74) is 1.31. The first-order chi connectivity index (χ1) is 15.1. The third kappa shape index (κ3) is 5.85. The van der Waals surface area contributed by atoms with Crippen LogP contribution < -0.4 is 5.32 Å². The molecule has 2 aromatic carbocycles. The van der Waals surface area contributed by atoms with E-state index in [2.05, 4.69) is 15.1 Å². The molecule has 0 aliphatic carbocycles. The lowest BCUT2D eigenvalue weighted by atomic mass is 10.1. The number of anilines is 1. The lowest BCUT2D eigenvalue weighted by Gasteiger charge is -2.37. The Morgan fingerprint density at radius 1 is 1.16 bits per heavy atom. The molecule has 0 saturated carbocycles. The van der Waals surface area contributed by atoms with E-state index in [0.717, 1.165) is 23.0 Å². The van der Waals surface area contributed by atoms with E-state index in [1.807, 2.05) is 6.92 Å². The normalized spacial score (nSPS) is 16.8. The zero-order valence-corrected chi connectivity index (χ0v) is 20.0. The average molecular weight is 483 g/mol. The Balaban J connectivity index is 1.56. The van der Waals surface area contributed by atoms with Crippen molar-refractivity contribution < 1.29 is 17.6 Å². The number of carbonyl (C=O) groups is 1. The predicted molar refractivity (Wildman–Crippen MR) is 124 cm³/mol. The van der Waals surface area contributed by atoms with Gasteiger partial charge in [0.2, 0.25) is 15.9 Å². The van der Waals surface area contributed by atoms with Crippen LogP contribution in [0.15, 0.2) is 47.4 Å². The summed E-state index contributed by atoms with van der Waals surface area (Å²) in [6.45, 7) is 5.36. The van der Waals surface area contributed by atoms with Gasteiger partial charge in [-0.2, -0.15) is 0 Å². The van der Waals surface area contributed by atoms with E-state index in [9.17, 15) is 17.6 Å². The number of hydrogen-bond donors (Lipinski definition) is 1. The van der Waals surface area contributed by atoms with Gasteiger partial charge in [-0.3, -0.25) is 14.6 Å². The number of nitrogens with one attached hydrogen (secondary N) is 1. The third-order valence-corrected chi connectivity index (χ3v) is 7.79. The van der Waals surface area contributed by atoms with Crippen LogP contribution in [0.3, 0.4) is 0 Å². The highest BCUT2D eigenvalue weighted by Gasteiger charge is 2.26. The highest BCUT2D eigenvalue weighted by atomic mass is 35.5. The maximum atomic E-state index is 13.2. The van der Waals surface area contributed by atoms with Gasteiger partial charge in [0.05, 0.1) is 10.9 Å². The lowest BCUT2D eigenvalue weighted by molar-refractivity contribution is -0.121. The van der Waals surface area contributed by atoms with E-state index in [1.165, 1.54) is 38.4 Å². The molecule has 1 aliphatic rings. The van der Waals surface area contributed by atoms with Crippen molar-refractivity contribution in [3.05, 3.63) is 58.9 Å². The summed E-state index contributed by atoms with van der Waals surface area (Å²) in [5, 5.41) is 3.24. The van der Waals surface area contributed by atoms with E-state index in [4.69, 9.17) is 11.6 Å². The standard InChI is InChI=1S/C22H28ClFN4O3S/c1-16(22(29)25-19-5-4-6-20(14-19)32(30,31)26(2)3)28-11-9-27(10-12-28)15-17-7-8-18(24)13-21(17)23/h4-8,13-14,16H,9-12,15H2,1-3H3,(H,25,29). The molecule has 0 bridgehead atoms. The number of piperazine rings is 1. The Kier molecular flexibility index (Phi) is 7.89. The van der Waals surface area contributed by atoms with Crippen molar-refractivity contribution in [2.45, 2.75) is 24.4 Å². The number of nitrogens with zero attached hydrogens (tertiary/aromatic N) is 3. The van der Waals surface area contributed by atoms with E-state index >= 15 is 0 Å². The fraction of sp³-hybridized carbons (Fsp3) is 0.409. The Hall–Kier alpha value is -2.04. The summed E-state index contributed by atoms with van der Waals surface area (Å²) in [6, 6.07) is 10.3. The molecule has 1 atom stereocenters. The van der Waals surface area contributed by atoms with E-state index < -0.39 is 10.0 Å². The number of hydrogen-bond acceptors (Lipinski definition) is 5. The van der Waals surface area contributed by atoms with E-state index in [0.29, 0.717) is 30.3 Å². The Morgan fingerprint density at radius 3 is 2.47 bits per heavy atom. The van der Waals surface area contributed by atoms with Gasteiger partial charge in [-0.05, 0) is 42.8 Å². The van der Waals surface area contributed by atoms with Crippen molar-refractivity contribution >= 4 is 33.2 Å². The molecule has 3 rings (SSSR count). The predicted octanol–water partition coefficient (Wildman–Crippen LogP) is 2.87. The molecule has 1 heterocycles. The van der Waals surface area contributed by atoms with Crippen molar-refractivity contribution in [3.8, 4) is 0 Å². The minimum absolute atomic E-state index is 0.126. The topological polar surface area (TPSA) is 73.0 Å². The number of amides is 1. The molecule has 174 valence electrons. The van der Waals surface area contributed by atoms with Crippen LogP contribution in [0.1, 0.15) is 12.5 Å². The second-order valence-corrected chi connectivity index (χ2v) is 10.6. The smallest absolute Gasteiger partial charge is 0.242 e. The first kappa shape index (κ1) is 24.6. The Labute approximate surface area is 193 Å². The minimum Gasteiger partial charge on any atom is -0.325 e. The molecule has 0 radical (unpaired) electrons. The zero-order valence-electron chi connectivity index (χ0n) is 18.4. The number of rotatable bonds is 7. The summed E-state index contributed by atoms with van der Waals surface area (Å²) >= 11 is 6.13. The van der Waals surface area contributed by atoms with Crippen LogP contribution in [0.2, 0.25) is 5.02 Å². The highest BCUT2D eigenvalue weighted by Crippen LogP contribution is 2.21. The second kappa shape index (κ2) is 10.3. The largest absolute Gasteiger partial charge is 0.325 e. The number of benzene rings is 2. The van der Waals surface area contributed by atoms with E-state index in [-0.39, 0.29) is 22.7 Å². The molecule has 1 N–H and O–H groups in total. The van der Waals surface area contributed by atoms with Crippen molar-refractivity contribution in [1.82, 2.24) is 14.1 Å². The summed E-state index contributed by atoms with van der Waals surface area (Å²) in [5.74, 6) is -0.548. The van der Waals surface area contributed by atoms with Gasteiger partial charge in [-0.25, -0.2) is 17.1 Å². The fourth-order valence-electron chi connectivity index (χ4n) is 3.56. The van der Waals surface area contributed by atoms with Crippen molar-refractivity contribution in [2.75, 3.05) is 45.6 Å². The number of halogens is 2. The average Bonchev–Trinajstić information content (AvgIpc) is 2.75. The van der Waals surface area contributed by atoms with Gasteiger partial charge in [-0.15, -0.1) is 0 Å². The summed E-state index contributed by atoms with van der Waals surface area (Å²) in [4.78, 5) is 17.2. The maximum absolute atomic E-state index is 13.2. The lowest BCUT2D eigenvalue weighted by Crippen LogP contribution is -2.52. The van der Waals surface area contributed by atoms with Gasteiger partial charge >= 0.3 is 0 Å². The molecule has 1 unspecified atom stereocenters. The van der Waals surface area contributed by atoms with Crippen molar-refractivity contribution in [1.29, 1.82) is 0 Å².